The van der Waals surface area contributed by atoms with Crippen molar-refractivity contribution in [3.63, 3.8) is 0 Å². The molecule has 29 heavy (non-hydrogen) atoms. The number of nitrogens with zero attached hydrogens (tertiary/aromatic N) is 4. The maximum atomic E-state index is 13.2. The fourth-order valence-electron chi connectivity index (χ4n) is 3.04. The van der Waals surface area contributed by atoms with E-state index in [1.807, 2.05) is 43.5 Å². The number of aryl methyl sites for hydroxylation is 2. The summed E-state index contributed by atoms with van der Waals surface area (Å²) >= 11 is 0. The molecule has 1 amide bonds. The normalized spacial score (nSPS) is 10.8. The quantitative estimate of drug-likeness (QED) is 0.540. The van der Waals surface area contributed by atoms with Gasteiger partial charge in [-0.15, -0.1) is 0 Å². The second-order valence-electron chi connectivity index (χ2n) is 6.74. The van der Waals surface area contributed by atoms with Gasteiger partial charge in [-0.05, 0) is 55.3 Å². The Bertz CT molecular complexity index is 1120. The van der Waals surface area contributed by atoms with Gasteiger partial charge in [0.15, 0.2) is 0 Å². The lowest BCUT2D eigenvalue weighted by atomic mass is 10.2. The largest absolute Gasteiger partial charge is 0.311 e. The summed E-state index contributed by atoms with van der Waals surface area (Å²) in [6, 6.07) is 17.6. The first-order valence-electron chi connectivity index (χ1n) is 9.30. The Labute approximate surface area is 167 Å². The zero-order valence-corrected chi connectivity index (χ0v) is 15.9. The average Bonchev–Trinajstić information content (AvgIpc) is 3.34. The fraction of sp³-hybridized carbons (Fsp3) is 0.136. The molecule has 6 nitrogen and oxygen atoms in total. The molecule has 0 bridgehead atoms. The number of rotatable bonds is 6. The van der Waals surface area contributed by atoms with Gasteiger partial charge in [-0.1, -0.05) is 18.2 Å². The first kappa shape index (κ1) is 18.6. The summed E-state index contributed by atoms with van der Waals surface area (Å²) in [4.78, 5) is 12.5. The number of hydrogen-bond acceptors (Lipinski definition) is 3. The predicted octanol–water partition coefficient (Wildman–Crippen LogP) is 4.08. The molecular formula is C22H20FN5O. The van der Waals surface area contributed by atoms with Gasteiger partial charge in [0.2, 0.25) is 5.91 Å². The minimum atomic E-state index is -0.320. The van der Waals surface area contributed by atoms with E-state index >= 15 is 0 Å². The van der Waals surface area contributed by atoms with Gasteiger partial charge in [0.1, 0.15) is 11.6 Å². The highest BCUT2D eigenvalue weighted by Gasteiger charge is 2.12. The Hall–Kier alpha value is -3.74. The molecular weight excluding hydrogens is 369 g/mol. The highest BCUT2D eigenvalue weighted by atomic mass is 19.1. The van der Waals surface area contributed by atoms with E-state index in [4.69, 9.17) is 0 Å². The molecule has 0 aliphatic rings. The molecule has 4 rings (SSSR count). The van der Waals surface area contributed by atoms with Gasteiger partial charge in [-0.2, -0.15) is 10.2 Å². The van der Waals surface area contributed by atoms with Crippen LogP contribution in [0.25, 0.3) is 11.4 Å². The maximum Gasteiger partial charge on any atom is 0.225 e. The summed E-state index contributed by atoms with van der Waals surface area (Å²) in [5.41, 5.74) is 3.39. The van der Waals surface area contributed by atoms with Crippen LogP contribution in [-0.2, 0) is 11.2 Å². The van der Waals surface area contributed by atoms with Crippen molar-refractivity contribution in [1.29, 1.82) is 0 Å². The monoisotopic (exact) mass is 389 g/mol. The van der Waals surface area contributed by atoms with Gasteiger partial charge < -0.3 is 5.32 Å². The molecule has 0 atom stereocenters. The summed E-state index contributed by atoms with van der Waals surface area (Å²) < 4.78 is 16.6. The third-order valence-corrected chi connectivity index (χ3v) is 4.47. The molecule has 0 spiro atoms. The first-order valence-corrected chi connectivity index (χ1v) is 9.30. The lowest BCUT2D eigenvalue weighted by molar-refractivity contribution is -0.116. The van der Waals surface area contributed by atoms with Crippen LogP contribution >= 0.6 is 0 Å². The van der Waals surface area contributed by atoms with Gasteiger partial charge >= 0.3 is 0 Å². The number of halogens is 1. The number of anilines is 1. The van der Waals surface area contributed by atoms with Crippen molar-refractivity contribution in [3.05, 3.63) is 90.1 Å². The summed E-state index contributed by atoms with van der Waals surface area (Å²) in [5, 5.41) is 11.6. The first-order chi connectivity index (χ1) is 14.1. The van der Waals surface area contributed by atoms with Crippen LogP contribution in [0.15, 0.2) is 73.1 Å². The van der Waals surface area contributed by atoms with Crippen LogP contribution in [0.1, 0.15) is 17.7 Å². The standard InChI is InChI=1S/C22H20FN5O/c1-16-13-21(28(26-16)20-10-8-18(23)9-11-20)25-22(29)12-7-17-14-24-27(15-17)19-5-3-2-4-6-19/h2-6,8-11,13-15H,7,12H2,1H3,(H,25,29). The third-order valence-electron chi connectivity index (χ3n) is 4.47. The van der Waals surface area contributed by atoms with Crippen LogP contribution in [0.5, 0.6) is 0 Å². The van der Waals surface area contributed by atoms with Crippen molar-refractivity contribution in [2.75, 3.05) is 5.32 Å². The Morgan fingerprint density at radius 1 is 1.07 bits per heavy atom. The zero-order chi connectivity index (χ0) is 20.2. The van der Waals surface area contributed by atoms with E-state index in [0.29, 0.717) is 24.3 Å². The second-order valence-corrected chi connectivity index (χ2v) is 6.74. The van der Waals surface area contributed by atoms with E-state index in [1.54, 1.807) is 33.8 Å². The molecule has 0 radical (unpaired) electrons. The number of aromatic nitrogens is 4. The number of amides is 1. The lowest BCUT2D eigenvalue weighted by Crippen LogP contribution is -2.15. The molecule has 1 N–H and O–H groups in total. The number of benzene rings is 2. The molecule has 2 aromatic heterocycles. The van der Waals surface area contributed by atoms with Crippen molar-refractivity contribution >= 4 is 11.7 Å². The minimum Gasteiger partial charge on any atom is -0.311 e. The third kappa shape index (κ3) is 4.40. The van der Waals surface area contributed by atoms with E-state index in [-0.39, 0.29) is 11.7 Å². The molecule has 0 aliphatic carbocycles. The number of carbonyl (C=O) groups excluding carboxylic acids is 1. The molecule has 0 saturated heterocycles. The summed E-state index contributed by atoms with van der Waals surface area (Å²) in [6.07, 6.45) is 4.58. The minimum absolute atomic E-state index is 0.124. The van der Waals surface area contributed by atoms with E-state index in [2.05, 4.69) is 15.5 Å². The lowest BCUT2D eigenvalue weighted by Gasteiger charge is -2.08. The van der Waals surface area contributed by atoms with Crippen molar-refractivity contribution in [2.45, 2.75) is 19.8 Å². The number of nitrogens with one attached hydrogen (secondary N) is 1. The smallest absolute Gasteiger partial charge is 0.225 e. The zero-order valence-electron chi connectivity index (χ0n) is 15.9. The SMILES string of the molecule is Cc1cc(NC(=O)CCc2cnn(-c3ccccc3)c2)n(-c2ccc(F)cc2)n1. The number of hydrogen-bond donors (Lipinski definition) is 1. The average molecular weight is 389 g/mol. The van der Waals surface area contributed by atoms with E-state index in [9.17, 15) is 9.18 Å². The van der Waals surface area contributed by atoms with E-state index in [0.717, 1.165) is 16.9 Å². The van der Waals surface area contributed by atoms with Crippen molar-refractivity contribution in [3.8, 4) is 11.4 Å². The Morgan fingerprint density at radius 3 is 2.59 bits per heavy atom. The van der Waals surface area contributed by atoms with Crippen LogP contribution in [0.4, 0.5) is 10.2 Å². The molecule has 0 fully saturated rings. The topological polar surface area (TPSA) is 64.7 Å². The summed E-state index contributed by atoms with van der Waals surface area (Å²) in [6.45, 7) is 1.84. The fourth-order valence-corrected chi connectivity index (χ4v) is 3.04. The van der Waals surface area contributed by atoms with Crippen LogP contribution in [0.3, 0.4) is 0 Å². The highest BCUT2D eigenvalue weighted by molar-refractivity contribution is 5.90. The van der Waals surface area contributed by atoms with Gasteiger partial charge in [0.25, 0.3) is 0 Å². The predicted molar refractivity (Wildman–Crippen MR) is 109 cm³/mol. The molecule has 4 aromatic rings. The van der Waals surface area contributed by atoms with Gasteiger partial charge in [-0.25, -0.2) is 13.8 Å². The molecule has 0 aliphatic heterocycles. The van der Waals surface area contributed by atoms with E-state index < -0.39 is 0 Å². The highest BCUT2D eigenvalue weighted by Crippen LogP contribution is 2.18. The van der Waals surface area contributed by atoms with Crippen molar-refractivity contribution in [1.82, 2.24) is 19.6 Å². The molecule has 7 heteroatoms. The summed E-state index contributed by atoms with van der Waals surface area (Å²) in [5.74, 6) is 0.110. The summed E-state index contributed by atoms with van der Waals surface area (Å²) in [7, 11) is 0. The van der Waals surface area contributed by atoms with Crippen molar-refractivity contribution in [2.24, 2.45) is 0 Å². The molecule has 146 valence electrons. The van der Waals surface area contributed by atoms with Crippen LogP contribution in [0, 0.1) is 12.7 Å². The van der Waals surface area contributed by atoms with Crippen LogP contribution in [0.2, 0.25) is 0 Å². The van der Waals surface area contributed by atoms with Crippen molar-refractivity contribution < 1.29 is 9.18 Å². The number of para-hydroxylation sites is 1. The van der Waals surface area contributed by atoms with Gasteiger partial charge in [0.05, 0.1) is 23.3 Å². The molecule has 2 heterocycles. The van der Waals surface area contributed by atoms with Crippen LogP contribution in [-0.4, -0.2) is 25.5 Å². The Balaban J connectivity index is 1.41. The number of carbonyl (C=O) groups is 1. The van der Waals surface area contributed by atoms with Crippen LogP contribution < -0.4 is 5.32 Å². The molecule has 2 aromatic carbocycles. The second kappa shape index (κ2) is 8.10. The van der Waals surface area contributed by atoms with E-state index in [1.165, 1.54) is 12.1 Å². The Kier molecular flexibility index (Phi) is 5.20. The molecule has 0 unspecified atom stereocenters. The maximum absolute atomic E-state index is 13.2. The van der Waals surface area contributed by atoms with Gasteiger partial charge in [0, 0.05) is 18.7 Å². The van der Waals surface area contributed by atoms with Gasteiger partial charge in [-0.3, -0.25) is 4.79 Å². The molecule has 0 saturated carbocycles. The Morgan fingerprint density at radius 2 is 1.83 bits per heavy atom.